The Morgan fingerprint density at radius 1 is 1.30 bits per heavy atom. The zero-order valence-electron chi connectivity index (χ0n) is 13.4. The largest absolute Gasteiger partial charge is 0.375 e. The van der Waals surface area contributed by atoms with Gasteiger partial charge in [-0.15, -0.1) is 0 Å². The molecule has 2 heterocycles. The number of benzene rings is 1. The van der Waals surface area contributed by atoms with Crippen LogP contribution >= 0.6 is 0 Å². The molecule has 2 unspecified atom stereocenters. The molecule has 0 N–H and O–H groups in total. The summed E-state index contributed by atoms with van der Waals surface area (Å²) >= 11 is 0. The molecule has 1 aromatic rings. The molecule has 0 bridgehead atoms. The number of nitrogens with zero attached hydrogens (tertiary/aromatic N) is 2. The maximum Gasteiger partial charge on any atom is 0.254 e. The molecule has 2 atom stereocenters. The van der Waals surface area contributed by atoms with Crippen molar-refractivity contribution >= 4 is 21.6 Å². The first kappa shape index (κ1) is 16.3. The first-order valence-corrected chi connectivity index (χ1v) is 9.52. The lowest BCUT2D eigenvalue weighted by Gasteiger charge is -2.37. The summed E-state index contributed by atoms with van der Waals surface area (Å²) in [4.78, 5) is 14.6. The summed E-state index contributed by atoms with van der Waals surface area (Å²) in [6.07, 6.45) is 0.635. The highest BCUT2D eigenvalue weighted by Gasteiger charge is 2.31. The Kier molecular flexibility index (Phi) is 4.33. The monoisotopic (exact) mass is 338 g/mol. The Bertz CT molecular complexity index is 704. The number of ether oxygens (including phenoxy) is 1. The maximum absolute atomic E-state index is 12.8. The molecular formula is C16H22N2O4S. The van der Waals surface area contributed by atoms with Crippen molar-refractivity contribution in [1.82, 2.24) is 4.90 Å². The van der Waals surface area contributed by atoms with Gasteiger partial charge in [0, 0.05) is 18.7 Å². The fourth-order valence-electron chi connectivity index (χ4n) is 3.08. The molecule has 2 fully saturated rings. The van der Waals surface area contributed by atoms with E-state index < -0.39 is 10.0 Å². The number of amides is 1. The van der Waals surface area contributed by atoms with Crippen LogP contribution in [0.15, 0.2) is 24.3 Å². The molecule has 0 spiro atoms. The molecular weight excluding hydrogens is 316 g/mol. The maximum atomic E-state index is 12.8. The van der Waals surface area contributed by atoms with Crippen molar-refractivity contribution in [2.45, 2.75) is 32.4 Å². The number of anilines is 1. The van der Waals surface area contributed by atoms with Crippen molar-refractivity contribution in [3.63, 3.8) is 0 Å². The first-order chi connectivity index (χ1) is 10.9. The molecule has 2 aliphatic rings. The molecule has 23 heavy (non-hydrogen) atoms. The van der Waals surface area contributed by atoms with Crippen molar-refractivity contribution in [1.29, 1.82) is 0 Å². The van der Waals surface area contributed by atoms with E-state index in [2.05, 4.69) is 0 Å². The van der Waals surface area contributed by atoms with Gasteiger partial charge in [-0.3, -0.25) is 9.10 Å². The second-order valence-corrected chi connectivity index (χ2v) is 8.26. The van der Waals surface area contributed by atoms with Crippen LogP contribution in [0.3, 0.4) is 0 Å². The molecule has 126 valence electrons. The third kappa shape index (κ3) is 3.21. The SMILES string of the molecule is CC1CN(C(=O)c2cccc(N3CCCS3(=O)=O)c2)C(C)CO1. The third-order valence-electron chi connectivity index (χ3n) is 4.35. The van der Waals surface area contributed by atoms with Crippen molar-refractivity contribution < 1.29 is 17.9 Å². The van der Waals surface area contributed by atoms with Gasteiger partial charge < -0.3 is 9.64 Å². The Labute approximate surface area is 137 Å². The van der Waals surface area contributed by atoms with Crippen LogP contribution in [-0.2, 0) is 14.8 Å². The van der Waals surface area contributed by atoms with E-state index in [0.717, 1.165) is 0 Å². The highest BCUT2D eigenvalue weighted by atomic mass is 32.2. The predicted molar refractivity (Wildman–Crippen MR) is 88.1 cm³/mol. The van der Waals surface area contributed by atoms with E-state index in [-0.39, 0.29) is 23.8 Å². The Balaban J connectivity index is 1.86. The molecule has 7 heteroatoms. The summed E-state index contributed by atoms with van der Waals surface area (Å²) in [5.74, 6) is 0.0921. The van der Waals surface area contributed by atoms with Gasteiger partial charge in [0.1, 0.15) is 0 Å². The summed E-state index contributed by atoms with van der Waals surface area (Å²) in [5.41, 5.74) is 1.09. The van der Waals surface area contributed by atoms with E-state index in [1.54, 1.807) is 29.2 Å². The quantitative estimate of drug-likeness (QED) is 0.819. The van der Waals surface area contributed by atoms with Gasteiger partial charge in [-0.1, -0.05) is 6.07 Å². The third-order valence-corrected chi connectivity index (χ3v) is 6.22. The predicted octanol–water partition coefficient (Wildman–Crippen LogP) is 1.48. The van der Waals surface area contributed by atoms with Crippen molar-refractivity contribution in [3.05, 3.63) is 29.8 Å². The zero-order valence-corrected chi connectivity index (χ0v) is 14.3. The lowest BCUT2D eigenvalue weighted by molar-refractivity contribution is -0.0387. The van der Waals surface area contributed by atoms with Crippen molar-refractivity contribution in [2.75, 3.05) is 29.8 Å². The number of hydrogen-bond acceptors (Lipinski definition) is 4. The van der Waals surface area contributed by atoms with Crippen LogP contribution in [0.1, 0.15) is 30.6 Å². The van der Waals surface area contributed by atoms with Gasteiger partial charge in [0.05, 0.1) is 30.2 Å². The topological polar surface area (TPSA) is 66.9 Å². The number of carbonyl (C=O) groups excluding carboxylic acids is 1. The Morgan fingerprint density at radius 2 is 2.09 bits per heavy atom. The van der Waals surface area contributed by atoms with Crippen molar-refractivity contribution in [3.8, 4) is 0 Å². The average Bonchev–Trinajstić information content (AvgIpc) is 2.88. The number of morpholine rings is 1. The molecule has 6 nitrogen and oxygen atoms in total. The number of carbonyl (C=O) groups is 1. The molecule has 1 amide bonds. The van der Waals surface area contributed by atoms with Gasteiger partial charge in [-0.2, -0.15) is 0 Å². The van der Waals surface area contributed by atoms with Gasteiger partial charge >= 0.3 is 0 Å². The fraction of sp³-hybridized carbons (Fsp3) is 0.562. The normalized spacial score (nSPS) is 27.2. The van der Waals surface area contributed by atoms with E-state index in [0.29, 0.717) is 37.4 Å². The van der Waals surface area contributed by atoms with Crippen LogP contribution in [0.2, 0.25) is 0 Å². The Morgan fingerprint density at radius 3 is 2.78 bits per heavy atom. The molecule has 2 aliphatic heterocycles. The summed E-state index contributed by atoms with van der Waals surface area (Å²) in [7, 11) is -3.24. The van der Waals surface area contributed by atoms with E-state index in [9.17, 15) is 13.2 Å². The smallest absolute Gasteiger partial charge is 0.254 e. The number of rotatable bonds is 2. The molecule has 0 saturated carbocycles. The average molecular weight is 338 g/mol. The van der Waals surface area contributed by atoms with Gasteiger partial charge in [0.25, 0.3) is 5.91 Å². The number of sulfonamides is 1. The summed E-state index contributed by atoms with van der Waals surface area (Å²) < 4.78 is 31.1. The van der Waals surface area contributed by atoms with Crippen molar-refractivity contribution in [2.24, 2.45) is 0 Å². The molecule has 0 aliphatic carbocycles. The van der Waals surface area contributed by atoms with E-state index in [1.807, 2.05) is 13.8 Å². The number of hydrogen-bond donors (Lipinski definition) is 0. The van der Waals surface area contributed by atoms with Gasteiger partial charge in [0.15, 0.2) is 0 Å². The van der Waals surface area contributed by atoms with Gasteiger partial charge in [-0.05, 0) is 38.5 Å². The summed E-state index contributed by atoms with van der Waals surface area (Å²) in [6, 6.07) is 6.91. The molecule has 0 radical (unpaired) electrons. The van der Waals surface area contributed by atoms with Crippen LogP contribution < -0.4 is 4.31 Å². The van der Waals surface area contributed by atoms with E-state index in [4.69, 9.17) is 4.74 Å². The second-order valence-electron chi connectivity index (χ2n) is 6.24. The van der Waals surface area contributed by atoms with E-state index >= 15 is 0 Å². The minimum absolute atomic E-state index is 0.0114. The van der Waals surface area contributed by atoms with Crippen LogP contribution in [0.4, 0.5) is 5.69 Å². The standard InChI is InChI=1S/C16H22N2O4S/c1-12-11-22-13(2)10-17(12)16(19)14-5-3-6-15(9-14)18-7-4-8-23(18,20)21/h3,5-6,9,12-13H,4,7-8,10-11H2,1-2H3. The molecule has 2 saturated heterocycles. The molecule has 0 aromatic heterocycles. The highest BCUT2D eigenvalue weighted by molar-refractivity contribution is 7.93. The zero-order chi connectivity index (χ0) is 16.6. The molecule has 3 rings (SSSR count). The summed E-state index contributed by atoms with van der Waals surface area (Å²) in [5, 5.41) is 0. The van der Waals surface area contributed by atoms with Gasteiger partial charge in [-0.25, -0.2) is 8.42 Å². The van der Waals surface area contributed by atoms with Crippen LogP contribution in [-0.4, -0.2) is 56.8 Å². The van der Waals surface area contributed by atoms with E-state index in [1.165, 1.54) is 4.31 Å². The summed E-state index contributed by atoms with van der Waals surface area (Å²) in [6.45, 7) is 5.45. The fourth-order valence-corrected chi connectivity index (χ4v) is 4.63. The minimum Gasteiger partial charge on any atom is -0.375 e. The lowest BCUT2D eigenvalue weighted by Crippen LogP contribution is -2.50. The Hall–Kier alpha value is -1.60. The van der Waals surface area contributed by atoms with Crippen LogP contribution in [0, 0.1) is 0 Å². The lowest BCUT2D eigenvalue weighted by atomic mass is 10.1. The van der Waals surface area contributed by atoms with Crippen LogP contribution in [0.25, 0.3) is 0 Å². The van der Waals surface area contributed by atoms with Crippen LogP contribution in [0.5, 0.6) is 0 Å². The first-order valence-electron chi connectivity index (χ1n) is 7.91. The van der Waals surface area contributed by atoms with Gasteiger partial charge in [0.2, 0.25) is 10.0 Å². The highest BCUT2D eigenvalue weighted by Crippen LogP contribution is 2.26. The minimum atomic E-state index is -3.24. The molecule has 1 aromatic carbocycles. The second kappa shape index (κ2) is 6.13.